The number of carbonyl (C=O) groups excluding carboxylic acids is 1. The Morgan fingerprint density at radius 3 is 2.64 bits per heavy atom. The molecule has 76 valence electrons. The molecule has 1 aromatic heterocycles. The van der Waals surface area contributed by atoms with Crippen LogP contribution in [0.25, 0.3) is 0 Å². The maximum Gasteiger partial charge on any atom is 0.211 e. The van der Waals surface area contributed by atoms with E-state index in [0.29, 0.717) is 17.8 Å². The standard InChI is InChI=1S/C6H7N3O.C4H8/c7-5-1-6(9-4-10)3-8-2-5;1-4-2-3-4/h1-4H,7H2,(H,9,10);4H,2-3H2,1H3. The first-order valence-electron chi connectivity index (χ1n) is 4.63. The molecule has 2 rings (SSSR count). The van der Waals surface area contributed by atoms with Gasteiger partial charge in [-0.2, -0.15) is 0 Å². The zero-order chi connectivity index (χ0) is 10.4. The number of amides is 1. The third-order valence-corrected chi connectivity index (χ3v) is 1.85. The minimum absolute atomic E-state index is 0.534. The summed E-state index contributed by atoms with van der Waals surface area (Å²) in [5.74, 6) is 1.08. The van der Waals surface area contributed by atoms with Crippen LogP contribution in [0.4, 0.5) is 11.4 Å². The highest BCUT2D eigenvalue weighted by Gasteiger charge is 2.12. The van der Waals surface area contributed by atoms with Crippen molar-refractivity contribution in [2.75, 3.05) is 11.1 Å². The number of hydrogen-bond acceptors (Lipinski definition) is 3. The summed E-state index contributed by atoms with van der Waals surface area (Å²) in [5.41, 5.74) is 6.51. The maximum atomic E-state index is 9.91. The molecule has 1 saturated carbocycles. The summed E-state index contributed by atoms with van der Waals surface area (Å²) < 4.78 is 0. The Hall–Kier alpha value is -1.58. The molecule has 14 heavy (non-hydrogen) atoms. The first kappa shape index (κ1) is 10.5. The lowest BCUT2D eigenvalue weighted by atomic mass is 10.4. The van der Waals surface area contributed by atoms with Gasteiger partial charge < -0.3 is 11.1 Å². The Kier molecular flexibility index (Phi) is 3.91. The maximum absolute atomic E-state index is 9.91. The minimum atomic E-state index is 0.534. The van der Waals surface area contributed by atoms with Gasteiger partial charge in [-0.05, 0) is 12.0 Å². The summed E-state index contributed by atoms with van der Waals surface area (Å²) in [5, 5.41) is 2.43. The van der Waals surface area contributed by atoms with Gasteiger partial charge in [-0.3, -0.25) is 9.78 Å². The molecular formula is C10H15N3O. The average molecular weight is 193 g/mol. The molecule has 0 atom stereocenters. The molecule has 3 N–H and O–H groups in total. The van der Waals surface area contributed by atoms with Crippen molar-refractivity contribution in [1.82, 2.24) is 4.98 Å². The number of aromatic nitrogens is 1. The number of pyridine rings is 1. The predicted octanol–water partition coefficient (Wildman–Crippen LogP) is 1.65. The van der Waals surface area contributed by atoms with Gasteiger partial charge in [0.25, 0.3) is 0 Å². The summed E-state index contributed by atoms with van der Waals surface area (Å²) in [7, 11) is 0. The van der Waals surface area contributed by atoms with Crippen molar-refractivity contribution >= 4 is 17.8 Å². The van der Waals surface area contributed by atoms with Crippen LogP contribution in [0.5, 0.6) is 0 Å². The SMILES string of the molecule is CC1CC1.Nc1cncc(NC=O)c1. The third kappa shape index (κ3) is 4.45. The van der Waals surface area contributed by atoms with E-state index in [-0.39, 0.29) is 0 Å². The van der Waals surface area contributed by atoms with Crippen molar-refractivity contribution in [2.24, 2.45) is 5.92 Å². The quantitative estimate of drug-likeness (QED) is 0.702. The van der Waals surface area contributed by atoms with Gasteiger partial charge >= 0.3 is 0 Å². The van der Waals surface area contributed by atoms with E-state index in [1.54, 1.807) is 6.07 Å². The topological polar surface area (TPSA) is 68.0 Å². The number of nitrogens with one attached hydrogen (secondary N) is 1. The molecule has 1 fully saturated rings. The molecule has 1 aliphatic rings. The third-order valence-electron chi connectivity index (χ3n) is 1.85. The van der Waals surface area contributed by atoms with Crippen molar-refractivity contribution in [3.63, 3.8) is 0 Å². The van der Waals surface area contributed by atoms with Crippen LogP contribution >= 0.6 is 0 Å². The second-order valence-corrected chi connectivity index (χ2v) is 3.45. The van der Waals surface area contributed by atoms with E-state index in [0.717, 1.165) is 5.92 Å². The minimum Gasteiger partial charge on any atom is -0.397 e. The van der Waals surface area contributed by atoms with E-state index in [9.17, 15) is 4.79 Å². The van der Waals surface area contributed by atoms with Crippen molar-refractivity contribution in [2.45, 2.75) is 19.8 Å². The van der Waals surface area contributed by atoms with E-state index in [1.807, 2.05) is 0 Å². The van der Waals surface area contributed by atoms with E-state index in [2.05, 4.69) is 17.2 Å². The van der Waals surface area contributed by atoms with Crippen molar-refractivity contribution in [3.05, 3.63) is 18.5 Å². The Labute approximate surface area is 83.5 Å². The number of anilines is 2. The molecular weight excluding hydrogens is 178 g/mol. The van der Waals surface area contributed by atoms with Crippen LogP contribution in [-0.4, -0.2) is 11.4 Å². The summed E-state index contributed by atoms with van der Waals surface area (Å²) in [6.07, 6.45) is 6.58. The number of nitrogens with two attached hydrogens (primary N) is 1. The van der Waals surface area contributed by atoms with Crippen LogP contribution in [0.1, 0.15) is 19.8 Å². The highest BCUT2D eigenvalue weighted by Crippen LogP contribution is 2.26. The van der Waals surface area contributed by atoms with Crippen LogP contribution < -0.4 is 11.1 Å². The first-order valence-corrected chi connectivity index (χ1v) is 4.63. The molecule has 1 amide bonds. The fraction of sp³-hybridized carbons (Fsp3) is 0.400. The highest BCUT2D eigenvalue weighted by atomic mass is 16.1. The van der Waals surface area contributed by atoms with Crippen molar-refractivity contribution < 1.29 is 4.79 Å². The monoisotopic (exact) mass is 193 g/mol. The van der Waals surface area contributed by atoms with Crippen LogP contribution in [0.3, 0.4) is 0 Å². The second-order valence-electron chi connectivity index (χ2n) is 3.45. The summed E-state index contributed by atoms with van der Waals surface area (Å²) >= 11 is 0. The van der Waals surface area contributed by atoms with Gasteiger partial charge in [-0.1, -0.05) is 19.8 Å². The van der Waals surface area contributed by atoms with E-state index in [4.69, 9.17) is 5.73 Å². The van der Waals surface area contributed by atoms with E-state index >= 15 is 0 Å². The lowest BCUT2D eigenvalue weighted by Crippen LogP contribution is -1.95. The lowest BCUT2D eigenvalue weighted by molar-refractivity contribution is -0.105. The summed E-state index contributed by atoms with van der Waals surface area (Å²) in [6, 6.07) is 1.63. The molecule has 0 bridgehead atoms. The molecule has 0 aromatic carbocycles. The molecule has 0 unspecified atom stereocenters. The van der Waals surface area contributed by atoms with Crippen LogP contribution in [0.2, 0.25) is 0 Å². The fourth-order valence-electron chi connectivity index (χ4n) is 0.771. The Bertz CT molecular complexity index is 297. The number of nitrogen functional groups attached to an aromatic ring is 1. The first-order chi connectivity index (χ1) is 6.72. The average Bonchev–Trinajstić information content (AvgIpc) is 2.89. The van der Waals surface area contributed by atoms with E-state index in [1.165, 1.54) is 25.2 Å². The van der Waals surface area contributed by atoms with Crippen LogP contribution in [-0.2, 0) is 4.79 Å². The summed E-state index contributed by atoms with van der Waals surface area (Å²) in [6.45, 7) is 2.28. The Morgan fingerprint density at radius 2 is 2.21 bits per heavy atom. The van der Waals surface area contributed by atoms with Crippen LogP contribution in [0.15, 0.2) is 18.5 Å². The molecule has 0 radical (unpaired) electrons. The smallest absolute Gasteiger partial charge is 0.211 e. The molecule has 0 saturated heterocycles. The number of carbonyl (C=O) groups is 1. The van der Waals surface area contributed by atoms with Gasteiger partial charge in [0.05, 0.1) is 17.6 Å². The van der Waals surface area contributed by atoms with Gasteiger partial charge in [0.2, 0.25) is 6.41 Å². The zero-order valence-electron chi connectivity index (χ0n) is 8.23. The van der Waals surface area contributed by atoms with E-state index < -0.39 is 0 Å². The zero-order valence-corrected chi connectivity index (χ0v) is 8.23. The number of rotatable bonds is 2. The number of nitrogens with zero attached hydrogens (tertiary/aromatic N) is 1. The Morgan fingerprint density at radius 1 is 1.57 bits per heavy atom. The lowest BCUT2D eigenvalue weighted by Gasteiger charge is -1.96. The molecule has 1 aliphatic carbocycles. The Balaban J connectivity index is 0.000000203. The molecule has 4 nitrogen and oxygen atoms in total. The molecule has 0 spiro atoms. The van der Waals surface area contributed by atoms with Gasteiger partial charge in [-0.25, -0.2) is 0 Å². The largest absolute Gasteiger partial charge is 0.397 e. The molecule has 4 heteroatoms. The molecule has 1 heterocycles. The number of hydrogen-bond donors (Lipinski definition) is 2. The van der Waals surface area contributed by atoms with Crippen molar-refractivity contribution in [3.8, 4) is 0 Å². The normalized spacial score (nSPS) is 13.8. The van der Waals surface area contributed by atoms with Gasteiger partial charge in [0, 0.05) is 6.20 Å². The predicted molar refractivity (Wildman–Crippen MR) is 56.7 cm³/mol. The van der Waals surface area contributed by atoms with Crippen LogP contribution in [0, 0.1) is 5.92 Å². The molecule has 1 aromatic rings. The van der Waals surface area contributed by atoms with Gasteiger partial charge in [0.1, 0.15) is 0 Å². The second kappa shape index (κ2) is 5.21. The van der Waals surface area contributed by atoms with Gasteiger partial charge in [0.15, 0.2) is 0 Å². The molecule has 0 aliphatic heterocycles. The summed E-state index contributed by atoms with van der Waals surface area (Å²) in [4.78, 5) is 13.7. The fourth-order valence-corrected chi connectivity index (χ4v) is 0.771. The van der Waals surface area contributed by atoms with Gasteiger partial charge in [-0.15, -0.1) is 0 Å². The highest BCUT2D eigenvalue weighted by molar-refractivity contribution is 5.71. The van der Waals surface area contributed by atoms with Crippen molar-refractivity contribution in [1.29, 1.82) is 0 Å².